The Morgan fingerprint density at radius 2 is 2.20 bits per heavy atom. The molecule has 4 heteroatoms. The van der Waals surface area contributed by atoms with E-state index in [-0.39, 0.29) is 5.91 Å². The first-order valence-electron chi connectivity index (χ1n) is 4.94. The zero-order valence-corrected chi connectivity index (χ0v) is 8.65. The lowest BCUT2D eigenvalue weighted by Gasteiger charge is -2.03. The number of allylic oxidation sites excluding steroid dienone is 1. The van der Waals surface area contributed by atoms with Crippen LogP contribution in [0.15, 0.2) is 31.4 Å². The molecule has 0 aliphatic rings. The number of nitrogens with one attached hydrogen (secondary N) is 1. The lowest BCUT2D eigenvalue weighted by atomic mass is 10.2. The summed E-state index contributed by atoms with van der Waals surface area (Å²) in [5.74, 6) is 0.0618. The monoisotopic (exact) mass is 205 g/mol. The van der Waals surface area contributed by atoms with Crippen LogP contribution >= 0.6 is 0 Å². The minimum absolute atomic E-state index is 0.0618. The van der Waals surface area contributed by atoms with Gasteiger partial charge in [-0.15, -0.1) is 6.58 Å². The molecular formula is C11H15N3O. The summed E-state index contributed by atoms with van der Waals surface area (Å²) in [5.41, 5.74) is 1.03. The average Bonchev–Trinajstić information content (AvgIpc) is 2.28. The van der Waals surface area contributed by atoms with Gasteiger partial charge in [-0.1, -0.05) is 6.08 Å². The number of nitrogens with zero attached hydrogens (tertiary/aromatic N) is 2. The summed E-state index contributed by atoms with van der Waals surface area (Å²) in [4.78, 5) is 19.0. The average molecular weight is 205 g/mol. The second kappa shape index (κ2) is 6.70. The summed E-state index contributed by atoms with van der Waals surface area (Å²) in [6.07, 6.45) is 8.73. The van der Waals surface area contributed by atoms with Crippen LogP contribution in [0.3, 0.4) is 0 Å². The fourth-order valence-electron chi connectivity index (χ4n) is 1.13. The molecule has 1 aromatic heterocycles. The van der Waals surface area contributed by atoms with Gasteiger partial charge >= 0.3 is 0 Å². The van der Waals surface area contributed by atoms with E-state index in [9.17, 15) is 4.79 Å². The van der Waals surface area contributed by atoms with E-state index in [0.717, 1.165) is 18.4 Å². The van der Waals surface area contributed by atoms with Gasteiger partial charge < -0.3 is 5.32 Å². The number of carbonyl (C=O) groups is 1. The highest BCUT2D eigenvalue weighted by molar-refractivity contribution is 5.75. The molecule has 1 amide bonds. The van der Waals surface area contributed by atoms with Crippen LogP contribution in [0.1, 0.15) is 18.4 Å². The predicted octanol–water partition coefficient (Wildman–Crippen LogP) is 1.10. The zero-order chi connectivity index (χ0) is 10.9. The molecule has 0 spiro atoms. The van der Waals surface area contributed by atoms with Crippen molar-refractivity contribution in [1.82, 2.24) is 15.3 Å². The van der Waals surface area contributed by atoms with E-state index in [1.165, 1.54) is 6.33 Å². The minimum atomic E-state index is 0.0618. The SMILES string of the molecule is C=CCCC(=O)NCCc1cncnc1. The van der Waals surface area contributed by atoms with E-state index >= 15 is 0 Å². The lowest BCUT2D eigenvalue weighted by molar-refractivity contribution is -0.120. The topological polar surface area (TPSA) is 54.9 Å². The van der Waals surface area contributed by atoms with Crippen molar-refractivity contribution < 1.29 is 4.79 Å². The summed E-state index contributed by atoms with van der Waals surface area (Å²) < 4.78 is 0. The molecule has 4 nitrogen and oxygen atoms in total. The van der Waals surface area contributed by atoms with Gasteiger partial charge in [-0.2, -0.15) is 0 Å². The summed E-state index contributed by atoms with van der Waals surface area (Å²) in [6.45, 7) is 4.19. The van der Waals surface area contributed by atoms with Crippen molar-refractivity contribution in [3.8, 4) is 0 Å². The Labute approximate surface area is 89.4 Å². The predicted molar refractivity (Wildman–Crippen MR) is 58.2 cm³/mol. The first-order valence-corrected chi connectivity index (χ1v) is 4.94. The van der Waals surface area contributed by atoms with Crippen molar-refractivity contribution in [3.05, 3.63) is 36.9 Å². The molecule has 1 N–H and O–H groups in total. The molecule has 1 aromatic rings. The van der Waals surface area contributed by atoms with Gasteiger partial charge in [-0.3, -0.25) is 4.79 Å². The fourth-order valence-corrected chi connectivity index (χ4v) is 1.13. The third-order valence-corrected chi connectivity index (χ3v) is 1.93. The fraction of sp³-hybridized carbons (Fsp3) is 0.364. The van der Waals surface area contributed by atoms with E-state index in [0.29, 0.717) is 13.0 Å². The molecule has 0 unspecified atom stereocenters. The van der Waals surface area contributed by atoms with Crippen molar-refractivity contribution in [2.45, 2.75) is 19.3 Å². The van der Waals surface area contributed by atoms with Gasteiger partial charge in [-0.05, 0) is 18.4 Å². The van der Waals surface area contributed by atoms with Crippen molar-refractivity contribution >= 4 is 5.91 Å². The van der Waals surface area contributed by atoms with Crippen LogP contribution in [0.25, 0.3) is 0 Å². The van der Waals surface area contributed by atoms with Crippen molar-refractivity contribution in [2.75, 3.05) is 6.54 Å². The van der Waals surface area contributed by atoms with Crippen LogP contribution in [-0.2, 0) is 11.2 Å². The number of amides is 1. The van der Waals surface area contributed by atoms with E-state index in [4.69, 9.17) is 0 Å². The summed E-state index contributed by atoms with van der Waals surface area (Å²) in [6, 6.07) is 0. The van der Waals surface area contributed by atoms with Crippen molar-refractivity contribution in [3.63, 3.8) is 0 Å². The van der Waals surface area contributed by atoms with Crippen LogP contribution < -0.4 is 5.32 Å². The maximum Gasteiger partial charge on any atom is 0.220 e. The van der Waals surface area contributed by atoms with E-state index in [2.05, 4.69) is 21.9 Å². The molecule has 0 saturated carbocycles. The maximum absolute atomic E-state index is 11.2. The van der Waals surface area contributed by atoms with Crippen LogP contribution in [0.2, 0.25) is 0 Å². The van der Waals surface area contributed by atoms with E-state index in [1.807, 2.05) is 0 Å². The van der Waals surface area contributed by atoms with Crippen molar-refractivity contribution in [1.29, 1.82) is 0 Å². The van der Waals surface area contributed by atoms with Crippen LogP contribution in [0.5, 0.6) is 0 Å². The minimum Gasteiger partial charge on any atom is -0.356 e. The standard InChI is InChI=1S/C11H15N3O/c1-2-3-4-11(15)14-6-5-10-7-12-9-13-8-10/h2,7-9H,1,3-6H2,(H,14,15). The van der Waals surface area contributed by atoms with Crippen LogP contribution in [0.4, 0.5) is 0 Å². The number of hydrogen-bond acceptors (Lipinski definition) is 3. The summed E-state index contributed by atoms with van der Waals surface area (Å²) >= 11 is 0. The maximum atomic E-state index is 11.2. The largest absolute Gasteiger partial charge is 0.356 e. The molecule has 0 aliphatic carbocycles. The Morgan fingerprint density at radius 3 is 2.87 bits per heavy atom. The van der Waals surface area contributed by atoms with E-state index < -0.39 is 0 Å². The highest BCUT2D eigenvalue weighted by Gasteiger charge is 1.98. The third kappa shape index (κ3) is 4.90. The van der Waals surface area contributed by atoms with Gasteiger partial charge in [0.2, 0.25) is 5.91 Å². The third-order valence-electron chi connectivity index (χ3n) is 1.93. The molecule has 0 saturated heterocycles. The van der Waals surface area contributed by atoms with Crippen LogP contribution in [-0.4, -0.2) is 22.4 Å². The van der Waals surface area contributed by atoms with Gasteiger partial charge in [0.15, 0.2) is 0 Å². The molecule has 0 aromatic carbocycles. The molecule has 0 fully saturated rings. The Kier molecular flexibility index (Phi) is 5.08. The Hall–Kier alpha value is -1.71. The van der Waals surface area contributed by atoms with Gasteiger partial charge in [0.1, 0.15) is 6.33 Å². The van der Waals surface area contributed by atoms with E-state index in [1.54, 1.807) is 18.5 Å². The lowest BCUT2D eigenvalue weighted by Crippen LogP contribution is -2.25. The highest BCUT2D eigenvalue weighted by atomic mass is 16.1. The van der Waals surface area contributed by atoms with Gasteiger partial charge in [-0.25, -0.2) is 9.97 Å². The Bertz CT molecular complexity index is 311. The molecular weight excluding hydrogens is 190 g/mol. The number of aromatic nitrogens is 2. The number of rotatable bonds is 6. The molecule has 1 heterocycles. The normalized spacial score (nSPS) is 9.60. The zero-order valence-electron chi connectivity index (χ0n) is 8.65. The molecule has 1 rings (SSSR count). The molecule has 15 heavy (non-hydrogen) atoms. The summed E-state index contributed by atoms with van der Waals surface area (Å²) in [7, 11) is 0. The molecule has 0 bridgehead atoms. The molecule has 0 radical (unpaired) electrons. The molecule has 80 valence electrons. The highest BCUT2D eigenvalue weighted by Crippen LogP contribution is 1.94. The second-order valence-corrected chi connectivity index (χ2v) is 3.17. The van der Waals surface area contributed by atoms with Crippen LogP contribution in [0, 0.1) is 0 Å². The Balaban J connectivity index is 2.16. The first-order chi connectivity index (χ1) is 7.33. The van der Waals surface area contributed by atoms with Crippen molar-refractivity contribution in [2.24, 2.45) is 0 Å². The quantitative estimate of drug-likeness (QED) is 0.707. The molecule has 0 aliphatic heterocycles. The van der Waals surface area contributed by atoms with Gasteiger partial charge in [0.25, 0.3) is 0 Å². The Morgan fingerprint density at radius 1 is 1.47 bits per heavy atom. The summed E-state index contributed by atoms with van der Waals surface area (Å²) in [5, 5.41) is 2.82. The second-order valence-electron chi connectivity index (χ2n) is 3.17. The molecule has 0 atom stereocenters. The number of hydrogen-bond donors (Lipinski definition) is 1. The number of carbonyl (C=O) groups excluding carboxylic acids is 1. The van der Waals surface area contributed by atoms with Gasteiger partial charge in [0, 0.05) is 25.4 Å². The smallest absolute Gasteiger partial charge is 0.220 e. The van der Waals surface area contributed by atoms with Gasteiger partial charge in [0.05, 0.1) is 0 Å². The first kappa shape index (κ1) is 11.4.